The van der Waals surface area contributed by atoms with Gasteiger partial charge in [0.1, 0.15) is 5.75 Å². The number of rotatable bonds is 5. The Labute approximate surface area is 142 Å². The van der Waals surface area contributed by atoms with Gasteiger partial charge in [-0.2, -0.15) is 0 Å². The van der Waals surface area contributed by atoms with Crippen LogP contribution in [0.15, 0.2) is 24.3 Å². The van der Waals surface area contributed by atoms with Crippen LogP contribution in [0.5, 0.6) is 5.75 Å². The Hall–Kier alpha value is -1.86. The summed E-state index contributed by atoms with van der Waals surface area (Å²) in [4.78, 5) is 15.6. The summed E-state index contributed by atoms with van der Waals surface area (Å²) in [5, 5.41) is 6.91. The molecule has 0 saturated carbocycles. The maximum absolute atomic E-state index is 12.1. The molecule has 23 heavy (non-hydrogen) atoms. The van der Waals surface area contributed by atoms with Crippen molar-refractivity contribution in [3.63, 3.8) is 0 Å². The lowest BCUT2D eigenvalue weighted by molar-refractivity contribution is -0.895. The van der Waals surface area contributed by atoms with Crippen molar-refractivity contribution in [1.82, 2.24) is 10.2 Å². The number of hydrogen-bond acceptors (Lipinski definition) is 3. The Morgan fingerprint density at radius 2 is 1.96 bits per heavy atom. The molecule has 0 unspecified atom stereocenters. The highest BCUT2D eigenvalue weighted by molar-refractivity contribution is 7.80. The first-order valence-electron chi connectivity index (χ1n) is 7.92. The van der Waals surface area contributed by atoms with Crippen molar-refractivity contribution < 1.29 is 14.4 Å². The Kier molecular flexibility index (Phi) is 6.61. The molecule has 7 heteroatoms. The van der Waals surface area contributed by atoms with Gasteiger partial charge < -0.3 is 25.2 Å². The lowest BCUT2D eigenvalue weighted by atomic mass is 10.3. The smallest absolute Gasteiger partial charge is 0.279 e. The molecule has 1 aromatic carbocycles. The highest BCUT2D eigenvalue weighted by atomic mass is 32.1. The Balaban J connectivity index is 1.75. The van der Waals surface area contributed by atoms with Crippen molar-refractivity contribution in [2.75, 3.05) is 51.7 Å². The number of piperazine rings is 1. The third kappa shape index (κ3) is 5.37. The molecule has 1 heterocycles. The van der Waals surface area contributed by atoms with Gasteiger partial charge in [-0.25, -0.2) is 0 Å². The van der Waals surface area contributed by atoms with Crippen molar-refractivity contribution in [2.24, 2.45) is 0 Å². The quantitative estimate of drug-likeness (QED) is 0.646. The molecule has 3 N–H and O–H groups in total. The fourth-order valence-corrected chi connectivity index (χ4v) is 2.90. The summed E-state index contributed by atoms with van der Waals surface area (Å²) < 4.78 is 5.11. The number of thiocarbonyl (C=S) groups is 1. The van der Waals surface area contributed by atoms with Crippen molar-refractivity contribution >= 4 is 28.9 Å². The zero-order valence-corrected chi connectivity index (χ0v) is 14.5. The van der Waals surface area contributed by atoms with Crippen LogP contribution < -0.4 is 20.3 Å². The number of quaternary nitrogens is 1. The minimum absolute atomic E-state index is 0.0351. The van der Waals surface area contributed by atoms with Gasteiger partial charge in [0.2, 0.25) is 0 Å². The second kappa shape index (κ2) is 8.69. The van der Waals surface area contributed by atoms with E-state index >= 15 is 0 Å². The summed E-state index contributed by atoms with van der Waals surface area (Å²) in [6.45, 7) is 6.97. The van der Waals surface area contributed by atoms with Crippen LogP contribution in [-0.4, -0.2) is 62.3 Å². The van der Waals surface area contributed by atoms with Gasteiger partial charge in [-0.3, -0.25) is 4.79 Å². The summed E-state index contributed by atoms with van der Waals surface area (Å²) in [5.74, 6) is 0.814. The molecule has 0 aliphatic carbocycles. The van der Waals surface area contributed by atoms with Crippen LogP contribution in [-0.2, 0) is 4.79 Å². The van der Waals surface area contributed by atoms with Crippen molar-refractivity contribution in [1.29, 1.82) is 0 Å². The number of amides is 1. The molecule has 1 amide bonds. The number of hydrogen-bond donors (Lipinski definition) is 3. The topological polar surface area (TPSA) is 58.0 Å². The Morgan fingerprint density at radius 3 is 2.52 bits per heavy atom. The van der Waals surface area contributed by atoms with E-state index in [0.717, 1.165) is 49.3 Å². The summed E-state index contributed by atoms with van der Waals surface area (Å²) in [7, 11) is 1.62. The molecular weight excluding hydrogens is 312 g/mol. The Morgan fingerprint density at radius 1 is 1.30 bits per heavy atom. The molecule has 1 aromatic rings. The number of anilines is 1. The molecule has 0 radical (unpaired) electrons. The van der Waals surface area contributed by atoms with E-state index in [1.165, 1.54) is 4.90 Å². The predicted molar refractivity (Wildman–Crippen MR) is 95.0 cm³/mol. The minimum Gasteiger partial charge on any atom is -0.497 e. The van der Waals surface area contributed by atoms with Gasteiger partial charge in [0, 0.05) is 12.2 Å². The number of nitrogens with one attached hydrogen (secondary N) is 3. The molecule has 0 spiro atoms. The predicted octanol–water partition coefficient (Wildman–Crippen LogP) is -0.271. The third-order valence-electron chi connectivity index (χ3n) is 3.87. The van der Waals surface area contributed by atoms with E-state index in [4.69, 9.17) is 17.0 Å². The van der Waals surface area contributed by atoms with E-state index in [2.05, 4.69) is 15.5 Å². The number of benzene rings is 1. The number of carbonyl (C=O) groups is 1. The molecule has 1 aliphatic rings. The molecule has 1 saturated heterocycles. The summed E-state index contributed by atoms with van der Waals surface area (Å²) in [6, 6.07) is 7.36. The van der Waals surface area contributed by atoms with Crippen molar-refractivity contribution in [2.45, 2.75) is 6.92 Å². The van der Waals surface area contributed by atoms with Crippen LogP contribution in [0.4, 0.5) is 5.69 Å². The van der Waals surface area contributed by atoms with Crippen molar-refractivity contribution in [3.05, 3.63) is 24.3 Å². The third-order valence-corrected chi connectivity index (χ3v) is 4.27. The maximum Gasteiger partial charge on any atom is 0.279 e. The first-order valence-corrected chi connectivity index (χ1v) is 8.33. The molecule has 1 fully saturated rings. The second-order valence-corrected chi connectivity index (χ2v) is 5.91. The van der Waals surface area contributed by atoms with E-state index in [1.807, 2.05) is 31.2 Å². The van der Waals surface area contributed by atoms with E-state index < -0.39 is 0 Å². The number of ether oxygens (including phenoxy) is 1. The molecule has 0 bridgehead atoms. The zero-order valence-electron chi connectivity index (χ0n) is 13.7. The van der Waals surface area contributed by atoms with E-state index in [0.29, 0.717) is 6.54 Å². The monoisotopic (exact) mass is 337 g/mol. The van der Waals surface area contributed by atoms with Crippen LogP contribution >= 0.6 is 12.2 Å². The van der Waals surface area contributed by atoms with Gasteiger partial charge in [-0.1, -0.05) is 0 Å². The van der Waals surface area contributed by atoms with Crippen LogP contribution in [0.3, 0.4) is 0 Å². The zero-order chi connectivity index (χ0) is 16.7. The highest BCUT2D eigenvalue weighted by Gasteiger charge is 2.23. The molecular formula is C16H25N4O2S+. The molecule has 2 rings (SSSR count). The second-order valence-electron chi connectivity index (χ2n) is 5.53. The van der Waals surface area contributed by atoms with Gasteiger partial charge >= 0.3 is 0 Å². The fraction of sp³-hybridized carbons (Fsp3) is 0.500. The average molecular weight is 337 g/mol. The first-order chi connectivity index (χ1) is 11.1. The maximum atomic E-state index is 12.1. The standard InChI is InChI=1S/C16H24N4O2S/c1-3-17-16(23)20-10-8-19(9-11-20)12-15(21)18-13-4-6-14(22-2)7-5-13/h4-7H,3,8-12H2,1-2H3,(H,17,23)(H,18,21)/p+1. The van der Waals surface area contributed by atoms with Crippen LogP contribution in [0.1, 0.15) is 6.92 Å². The molecule has 0 atom stereocenters. The minimum atomic E-state index is 0.0351. The van der Waals surface area contributed by atoms with Crippen LogP contribution in [0.25, 0.3) is 0 Å². The Bertz CT molecular complexity index is 527. The number of methoxy groups -OCH3 is 1. The van der Waals surface area contributed by atoms with Crippen molar-refractivity contribution in [3.8, 4) is 5.75 Å². The van der Waals surface area contributed by atoms with Gasteiger partial charge in [0.25, 0.3) is 5.91 Å². The average Bonchev–Trinajstić information content (AvgIpc) is 2.56. The lowest BCUT2D eigenvalue weighted by Gasteiger charge is -2.33. The van der Waals surface area contributed by atoms with Gasteiger partial charge in [0.15, 0.2) is 11.7 Å². The fourth-order valence-electron chi connectivity index (χ4n) is 2.57. The lowest BCUT2D eigenvalue weighted by Crippen LogP contribution is -3.15. The van der Waals surface area contributed by atoms with E-state index in [1.54, 1.807) is 7.11 Å². The SMILES string of the molecule is CCNC(=S)N1CC[NH+](CC(=O)Nc2ccc(OC)cc2)CC1. The molecule has 1 aliphatic heterocycles. The number of nitrogens with zero attached hydrogens (tertiary/aromatic N) is 1. The number of carbonyl (C=O) groups excluding carboxylic acids is 1. The summed E-state index contributed by atoms with van der Waals surface area (Å²) >= 11 is 5.32. The largest absolute Gasteiger partial charge is 0.497 e. The van der Waals surface area contributed by atoms with Crippen LogP contribution in [0, 0.1) is 0 Å². The summed E-state index contributed by atoms with van der Waals surface area (Å²) in [6.07, 6.45) is 0. The van der Waals surface area contributed by atoms with E-state index in [9.17, 15) is 4.79 Å². The van der Waals surface area contributed by atoms with Gasteiger partial charge in [-0.15, -0.1) is 0 Å². The van der Waals surface area contributed by atoms with E-state index in [-0.39, 0.29) is 5.91 Å². The molecule has 126 valence electrons. The van der Waals surface area contributed by atoms with Gasteiger partial charge in [0.05, 0.1) is 33.3 Å². The summed E-state index contributed by atoms with van der Waals surface area (Å²) in [5.41, 5.74) is 0.794. The molecule has 0 aromatic heterocycles. The highest BCUT2D eigenvalue weighted by Crippen LogP contribution is 2.14. The normalized spacial score (nSPS) is 15.1. The van der Waals surface area contributed by atoms with Gasteiger partial charge in [-0.05, 0) is 43.4 Å². The van der Waals surface area contributed by atoms with Crippen LogP contribution in [0.2, 0.25) is 0 Å². The molecule has 6 nitrogen and oxygen atoms in total. The first kappa shape index (κ1) is 17.5.